The normalized spacial score (nSPS) is 10.9. The average molecular weight is 338 g/mol. The van der Waals surface area contributed by atoms with E-state index >= 15 is 0 Å². The third kappa shape index (κ3) is 4.33. The molecule has 24 heavy (non-hydrogen) atoms. The van der Waals surface area contributed by atoms with Gasteiger partial charge in [0, 0.05) is 37.6 Å². The second-order valence-electron chi connectivity index (χ2n) is 5.75. The summed E-state index contributed by atoms with van der Waals surface area (Å²) in [6.45, 7) is 12.9. The van der Waals surface area contributed by atoms with Crippen LogP contribution in [0.5, 0.6) is 0 Å². The number of anilines is 2. The van der Waals surface area contributed by atoms with Crippen molar-refractivity contribution >= 4 is 37.3 Å². The monoisotopic (exact) mass is 338 g/mol. The summed E-state index contributed by atoms with van der Waals surface area (Å²) in [5.74, 6) is 0. The molecule has 2 aromatic rings. The van der Waals surface area contributed by atoms with E-state index in [2.05, 4.69) is 86.0 Å². The van der Waals surface area contributed by atoms with Crippen LogP contribution < -0.4 is 20.4 Å². The van der Waals surface area contributed by atoms with Gasteiger partial charge in [-0.25, -0.2) is 0 Å². The van der Waals surface area contributed by atoms with Crippen LogP contribution in [-0.2, 0) is 0 Å². The summed E-state index contributed by atoms with van der Waals surface area (Å²) in [5.41, 5.74) is 2.54. The largest absolute Gasteiger partial charge is 0.567 e. The Morgan fingerprint density at radius 2 is 0.917 bits per heavy atom. The van der Waals surface area contributed by atoms with Crippen molar-refractivity contribution in [1.82, 2.24) is 0 Å². The van der Waals surface area contributed by atoms with Gasteiger partial charge in [-0.2, -0.15) is 0 Å². The molecule has 0 saturated heterocycles. The Labute approximate surface area is 150 Å². The maximum Gasteiger partial charge on any atom is 0.0366 e. The predicted molar refractivity (Wildman–Crippen MR) is 112 cm³/mol. The number of benzene rings is 2. The van der Waals surface area contributed by atoms with Gasteiger partial charge < -0.3 is 25.2 Å². The molecule has 127 valence electrons. The van der Waals surface area contributed by atoms with Gasteiger partial charge in [-0.1, -0.05) is 34.9 Å². The molecule has 0 amide bonds. The smallest absolute Gasteiger partial charge is 0.0366 e. The molecule has 0 spiro atoms. The van der Waals surface area contributed by atoms with E-state index in [4.69, 9.17) is 7.57 Å². The molecule has 2 rings (SSSR count). The van der Waals surface area contributed by atoms with Crippen LogP contribution in [0.4, 0.5) is 11.4 Å². The molecular weight excluding hydrogens is 310 g/mol. The molecule has 0 aliphatic rings. The van der Waals surface area contributed by atoms with Gasteiger partial charge in [0.1, 0.15) is 0 Å². The van der Waals surface area contributed by atoms with Crippen LogP contribution in [0.3, 0.4) is 0 Å². The van der Waals surface area contributed by atoms with E-state index in [1.165, 1.54) is 22.0 Å². The van der Waals surface area contributed by atoms with E-state index in [0.29, 0.717) is 0 Å². The Balaban J connectivity index is 2.15. The molecule has 2 aromatic carbocycles. The lowest BCUT2D eigenvalue weighted by atomic mass is 10.3. The Bertz CT molecular complexity index is 549. The van der Waals surface area contributed by atoms with Gasteiger partial charge >= 0.3 is 0 Å². The first-order valence-electron chi connectivity index (χ1n) is 8.89. The van der Waals surface area contributed by atoms with Gasteiger partial charge in [-0.3, -0.25) is 0 Å². The minimum atomic E-state index is -0.788. The fourth-order valence-corrected chi connectivity index (χ4v) is 4.21. The van der Waals surface area contributed by atoms with E-state index in [1.807, 2.05) is 0 Å². The van der Waals surface area contributed by atoms with Crippen LogP contribution in [-0.4, -0.2) is 33.7 Å². The zero-order chi connectivity index (χ0) is 17.5. The topological polar surface area (TPSA) is 6.48 Å². The van der Waals surface area contributed by atoms with Gasteiger partial charge in [0.25, 0.3) is 0 Å². The molecule has 0 fully saturated rings. The number of hydrogen-bond acceptors (Lipinski definition) is 2. The zero-order valence-electron chi connectivity index (χ0n) is 15.4. The first-order valence-corrected chi connectivity index (χ1v) is 10.3. The summed E-state index contributed by atoms with van der Waals surface area (Å²) in [4.78, 5) is 4.70. The van der Waals surface area contributed by atoms with E-state index < -0.39 is 7.80 Å². The number of hydrogen-bond donors (Lipinski definition) is 0. The molecule has 0 N–H and O–H groups in total. The summed E-state index contributed by atoms with van der Waals surface area (Å²) in [5, 5.41) is 2.44. The third-order valence-electron chi connectivity index (χ3n) is 4.51. The summed E-state index contributed by atoms with van der Waals surface area (Å²) >= 11 is 0. The quantitative estimate of drug-likeness (QED) is 0.532. The lowest BCUT2D eigenvalue weighted by molar-refractivity contribution is 0.866. The molecule has 2 nitrogen and oxygen atoms in total. The molecule has 0 saturated carbocycles. The minimum absolute atomic E-state index is 0.788. The van der Waals surface area contributed by atoms with Gasteiger partial charge in [0.05, 0.1) is 0 Å². The maximum absolute atomic E-state index is 6.54. The van der Waals surface area contributed by atoms with Gasteiger partial charge in [-0.05, 0) is 52.0 Å². The average Bonchev–Trinajstić information content (AvgIpc) is 2.64. The molecule has 0 atom stereocenters. The van der Waals surface area contributed by atoms with Gasteiger partial charge in [0.15, 0.2) is 0 Å². The molecule has 0 heterocycles. The minimum Gasteiger partial charge on any atom is -0.567 e. The van der Waals surface area contributed by atoms with E-state index in [0.717, 1.165) is 26.2 Å². The molecule has 0 aliphatic carbocycles. The van der Waals surface area contributed by atoms with E-state index in [9.17, 15) is 0 Å². The second-order valence-corrected chi connectivity index (χ2v) is 7.52. The Morgan fingerprint density at radius 1 is 0.625 bits per heavy atom. The molecule has 0 unspecified atom stereocenters. The highest BCUT2D eigenvalue weighted by atomic mass is 31.1. The maximum atomic E-state index is 6.54. The molecule has 4 heteroatoms. The highest BCUT2D eigenvalue weighted by molar-refractivity contribution is 7.94. The number of nitrogens with zero attached hydrogens (tertiary/aromatic N) is 2. The third-order valence-corrected chi connectivity index (χ3v) is 6.22. The van der Waals surface area contributed by atoms with Crippen molar-refractivity contribution in [3.05, 3.63) is 48.5 Å². The lowest BCUT2D eigenvalue weighted by Crippen LogP contribution is -2.23. The lowest BCUT2D eigenvalue weighted by Gasteiger charge is -2.30. The van der Waals surface area contributed by atoms with Crippen LogP contribution in [0, 0.1) is 0 Å². The highest BCUT2D eigenvalue weighted by Gasteiger charge is 2.04. The standard InChI is InChI=1S/C20H28BN2P/c1-5-22(6-2)17-9-13-19(14-10-17)24(21)20-15-11-18(12-16-20)23(7-3)8-4/h9-16H,5-8H2,1-4H3/q-1. The summed E-state index contributed by atoms with van der Waals surface area (Å²) in [7, 11) is 5.75. The first-order chi connectivity index (χ1) is 11.6. The molecule has 0 aliphatic heterocycles. The molecular formula is C20H28BN2P-. The van der Waals surface area contributed by atoms with Crippen LogP contribution in [0.2, 0.25) is 0 Å². The van der Waals surface area contributed by atoms with Crippen molar-refractivity contribution in [2.75, 3.05) is 36.0 Å². The summed E-state index contributed by atoms with van der Waals surface area (Å²) in [6.07, 6.45) is 0. The fraction of sp³-hybridized carbons (Fsp3) is 0.400. The van der Waals surface area contributed by atoms with Crippen molar-refractivity contribution in [3.8, 4) is 0 Å². The Morgan fingerprint density at radius 3 is 1.17 bits per heavy atom. The summed E-state index contributed by atoms with van der Waals surface area (Å²) < 4.78 is 0. The molecule has 0 aromatic heterocycles. The SMILES string of the molecule is [B-]P(c1ccc(N(CC)CC)cc1)c1ccc(N(CC)CC)cc1. The van der Waals surface area contributed by atoms with Crippen molar-refractivity contribution in [2.24, 2.45) is 0 Å². The molecule has 3 radical (unpaired) electrons. The van der Waals surface area contributed by atoms with E-state index in [1.54, 1.807) is 0 Å². The predicted octanol–water partition coefficient (Wildman–Crippen LogP) is 3.90. The van der Waals surface area contributed by atoms with Crippen LogP contribution in [0.25, 0.3) is 0 Å². The summed E-state index contributed by atoms with van der Waals surface area (Å²) in [6, 6.07) is 17.5. The number of rotatable bonds is 8. The Hall–Kier alpha value is -1.47. The van der Waals surface area contributed by atoms with Crippen molar-refractivity contribution in [1.29, 1.82) is 0 Å². The van der Waals surface area contributed by atoms with Crippen molar-refractivity contribution in [3.63, 3.8) is 0 Å². The first kappa shape index (κ1) is 18.9. The highest BCUT2D eigenvalue weighted by Crippen LogP contribution is 2.29. The fourth-order valence-electron chi connectivity index (χ4n) is 2.97. The van der Waals surface area contributed by atoms with Crippen LogP contribution in [0.1, 0.15) is 27.7 Å². The van der Waals surface area contributed by atoms with E-state index in [-0.39, 0.29) is 0 Å². The van der Waals surface area contributed by atoms with Gasteiger partial charge in [0.2, 0.25) is 0 Å². The van der Waals surface area contributed by atoms with Crippen LogP contribution in [0.15, 0.2) is 48.5 Å². The zero-order valence-corrected chi connectivity index (χ0v) is 16.3. The molecule has 0 bridgehead atoms. The Kier molecular flexibility index (Phi) is 7.18. The van der Waals surface area contributed by atoms with Crippen molar-refractivity contribution in [2.45, 2.75) is 27.7 Å². The second kappa shape index (κ2) is 9.13. The van der Waals surface area contributed by atoms with Crippen LogP contribution >= 0.6 is 7.80 Å². The van der Waals surface area contributed by atoms with Crippen molar-refractivity contribution < 1.29 is 0 Å². The van der Waals surface area contributed by atoms with Gasteiger partial charge in [-0.15, -0.1) is 0 Å².